The quantitative estimate of drug-likeness (QED) is 0.683. The van der Waals surface area contributed by atoms with E-state index >= 15 is 0 Å². The number of hydrogen-bond acceptors (Lipinski definition) is 2. The summed E-state index contributed by atoms with van der Waals surface area (Å²) in [5.41, 5.74) is 1.93. The number of hydrogen-bond donors (Lipinski definition) is 2. The molecule has 1 rings (SSSR count). The Hall–Kier alpha value is -1.18. The van der Waals surface area contributed by atoms with Crippen LogP contribution in [0.15, 0.2) is 18.2 Å². The second-order valence-electron chi connectivity index (χ2n) is 4.90. The molecule has 1 unspecified atom stereocenters. The Morgan fingerprint density at radius 3 is 2.65 bits per heavy atom. The molecule has 0 aliphatic heterocycles. The van der Waals surface area contributed by atoms with E-state index in [9.17, 15) is 5.11 Å². The van der Waals surface area contributed by atoms with Gasteiger partial charge in [0.2, 0.25) is 0 Å². The molecule has 0 heterocycles. The lowest BCUT2D eigenvalue weighted by molar-refractivity contribution is 0.471. The molecule has 0 aliphatic carbocycles. The molecule has 0 spiro atoms. The summed E-state index contributed by atoms with van der Waals surface area (Å²) in [6.45, 7) is 6.34. The second kappa shape index (κ2) is 7.21. The standard InChI is InChI=1S/C15H25NO/c1-4-5-6-7-8-13(3)16-14-10-9-12(2)15(17)11-14/h9-11,13,16-17H,4-8H2,1-3H3. The molecular formula is C15H25NO. The molecule has 0 fully saturated rings. The monoisotopic (exact) mass is 235 g/mol. The highest BCUT2D eigenvalue weighted by Crippen LogP contribution is 2.22. The molecule has 17 heavy (non-hydrogen) atoms. The first kappa shape index (κ1) is 13.9. The van der Waals surface area contributed by atoms with Crippen molar-refractivity contribution in [3.05, 3.63) is 23.8 Å². The summed E-state index contributed by atoms with van der Waals surface area (Å²) in [7, 11) is 0. The second-order valence-corrected chi connectivity index (χ2v) is 4.90. The van der Waals surface area contributed by atoms with Gasteiger partial charge in [-0.15, -0.1) is 0 Å². The highest BCUT2D eigenvalue weighted by molar-refractivity contribution is 5.51. The van der Waals surface area contributed by atoms with Crippen molar-refractivity contribution in [2.24, 2.45) is 0 Å². The molecule has 96 valence electrons. The average molecular weight is 235 g/mol. The topological polar surface area (TPSA) is 32.3 Å². The number of nitrogens with one attached hydrogen (secondary N) is 1. The Morgan fingerprint density at radius 1 is 1.24 bits per heavy atom. The Kier molecular flexibility index (Phi) is 5.88. The summed E-state index contributed by atoms with van der Waals surface area (Å²) in [6, 6.07) is 6.24. The Bertz CT molecular complexity index is 336. The van der Waals surface area contributed by atoms with Gasteiger partial charge in [0, 0.05) is 17.8 Å². The van der Waals surface area contributed by atoms with Crippen LogP contribution in [0.2, 0.25) is 0 Å². The molecule has 0 aliphatic rings. The number of benzene rings is 1. The van der Waals surface area contributed by atoms with E-state index in [0.29, 0.717) is 11.8 Å². The number of phenolic OH excluding ortho intramolecular Hbond substituents is 1. The van der Waals surface area contributed by atoms with Crippen molar-refractivity contribution in [3.8, 4) is 5.75 Å². The van der Waals surface area contributed by atoms with E-state index < -0.39 is 0 Å². The summed E-state index contributed by atoms with van der Waals surface area (Å²) < 4.78 is 0. The number of rotatable bonds is 7. The van der Waals surface area contributed by atoms with Gasteiger partial charge in [-0.25, -0.2) is 0 Å². The van der Waals surface area contributed by atoms with Crippen molar-refractivity contribution in [2.75, 3.05) is 5.32 Å². The molecule has 2 N–H and O–H groups in total. The van der Waals surface area contributed by atoms with Crippen LogP contribution in [0.4, 0.5) is 5.69 Å². The average Bonchev–Trinajstić information content (AvgIpc) is 2.30. The highest BCUT2D eigenvalue weighted by atomic mass is 16.3. The third kappa shape index (κ3) is 5.12. The maximum Gasteiger partial charge on any atom is 0.120 e. The Balaban J connectivity index is 2.34. The molecule has 0 saturated heterocycles. The lowest BCUT2D eigenvalue weighted by atomic mass is 10.1. The maximum atomic E-state index is 9.62. The van der Waals surface area contributed by atoms with E-state index in [1.807, 2.05) is 19.1 Å². The van der Waals surface area contributed by atoms with Crippen LogP contribution in [-0.2, 0) is 0 Å². The predicted octanol–water partition coefficient (Wildman–Crippen LogP) is 4.47. The normalized spacial score (nSPS) is 12.4. The van der Waals surface area contributed by atoms with Crippen LogP contribution in [0.3, 0.4) is 0 Å². The number of unbranched alkanes of at least 4 members (excludes halogenated alkanes) is 3. The van der Waals surface area contributed by atoms with Crippen LogP contribution in [0.5, 0.6) is 5.75 Å². The lowest BCUT2D eigenvalue weighted by Gasteiger charge is -2.15. The number of phenols is 1. The van der Waals surface area contributed by atoms with E-state index in [1.54, 1.807) is 6.07 Å². The van der Waals surface area contributed by atoms with Crippen molar-refractivity contribution in [3.63, 3.8) is 0 Å². The van der Waals surface area contributed by atoms with Crippen molar-refractivity contribution in [2.45, 2.75) is 58.9 Å². The van der Waals surface area contributed by atoms with Gasteiger partial charge in [0.1, 0.15) is 5.75 Å². The fourth-order valence-corrected chi connectivity index (χ4v) is 1.93. The van der Waals surface area contributed by atoms with Gasteiger partial charge < -0.3 is 10.4 Å². The van der Waals surface area contributed by atoms with Crippen LogP contribution in [0.25, 0.3) is 0 Å². The molecule has 0 aromatic heterocycles. The van der Waals surface area contributed by atoms with Crippen LogP contribution in [0.1, 0.15) is 51.5 Å². The fraction of sp³-hybridized carbons (Fsp3) is 0.600. The third-order valence-electron chi connectivity index (χ3n) is 3.11. The fourth-order valence-electron chi connectivity index (χ4n) is 1.93. The predicted molar refractivity (Wildman–Crippen MR) is 74.7 cm³/mol. The Morgan fingerprint density at radius 2 is 2.00 bits per heavy atom. The molecule has 1 atom stereocenters. The Labute approximate surface area is 105 Å². The summed E-state index contributed by atoms with van der Waals surface area (Å²) in [4.78, 5) is 0. The van der Waals surface area contributed by atoms with Gasteiger partial charge in [-0.1, -0.05) is 38.7 Å². The van der Waals surface area contributed by atoms with Gasteiger partial charge in [-0.05, 0) is 31.9 Å². The van der Waals surface area contributed by atoms with E-state index in [4.69, 9.17) is 0 Å². The molecular weight excluding hydrogens is 210 g/mol. The van der Waals surface area contributed by atoms with Gasteiger partial charge in [-0.3, -0.25) is 0 Å². The van der Waals surface area contributed by atoms with Crippen LogP contribution in [-0.4, -0.2) is 11.1 Å². The number of aromatic hydroxyl groups is 1. The van der Waals surface area contributed by atoms with Gasteiger partial charge >= 0.3 is 0 Å². The van der Waals surface area contributed by atoms with Crippen LogP contribution >= 0.6 is 0 Å². The smallest absolute Gasteiger partial charge is 0.120 e. The van der Waals surface area contributed by atoms with Crippen LogP contribution < -0.4 is 5.32 Å². The third-order valence-corrected chi connectivity index (χ3v) is 3.11. The van der Waals surface area contributed by atoms with Gasteiger partial charge in [0.25, 0.3) is 0 Å². The molecule has 0 radical (unpaired) electrons. The summed E-state index contributed by atoms with van der Waals surface area (Å²) in [5.74, 6) is 0.369. The minimum Gasteiger partial charge on any atom is -0.508 e. The maximum absolute atomic E-state index is 9.62. The van der Waals surface area contributed by atoms with Crippen molar-refractivity contribution in [1.82, 2.24) is 0 Å². The lowest BCUT2D eigenvalue weighted by Crippen LogP contribution is -2.14. The molecule has 2 heteroatoms. The first-order valence-electron chi connectivity index (χ1n) is 6.69. The molecule has 0 saturated carbocycles. The summed E-state index contributed by atoms with van der Waals surface area (Å²) in [5, 5.41) is 13.0. The van der Waals surface area contributed by atoms with Crippen molar-refractivity contribution >= 4 is 5.69 Å². The zero-order valence-corrected chi connectivity index (χ0v) is 11.3. The van der Waals surface area contributed by atoms with Gasteiger partial charge in [-0.2, -0.15) is 0 Å². The number of anilines is 1. The molecule has 2 nitrogen and oxygen atoms in total. The van der Waals surface area contributed by atoms with E-state index in [1.165, 1.54) is 32.1 Å². The molecule has 1 aromatic carbocycles. The SMILES string of the molecule is CCCCCCC(C)Nc1ccc(C)c(O)c1. The first-order chi connectivity index (χ1) is 8.13. The largest absolute Gasteiger partial charge is 0.508 e. The van der Waals surface area contributed by atoms with E-state index in [-0.39, 0.29) is 0 Å². The molecule has 0 amide bonds. The molecule has 1 aromatic rings. The first-order valence-corrected chi connectivity index (χ1v) is 6.69. The minimum atomic E-state index is 0.369. The number of aryl methyl sites for hydroxylation is 1. The minimum absolute atomic E-state index is 0.369. The zero-order valence-electron chi connectivity index (χ0n) is 11.3. The van der Waals surface area contributed by atoms with E-state index in [2.05, 4.69) is 19.2 Å². The van der Waals surface area contributed by atoms with Crippen molar-refractivity contribution in [1.29, 1.82) is 0 Å². The van der Waals surface area contributed by atoms with Crippen LogP contribution in [0, 0.1) is 6.92 Å². The van der Waals surface area contributed by atoms with E-state index in [0.717, 1.165) is 11.3 Å². The summed E-state index contributed by atoms with van der Waals surface area (Å²) >= 11 is 0. The summed E-state index contributed by atoms with van der Waals surface area (Å²) in [6.07, 6.45) is 6.40. The zero-order chi connectivity index (χ0) is 12.7. The van der Waals surface area contributed by atoms with Gasteiger partial charge in [0.15, 0.2) is 0 Å². The highest BCUT2D eigenvalue weighted by Gasteiger charge is 2.03. The van der Waals surface area contributed by atoms with Crippen molar-refractivity contribution < 1.29 is 5.11 Å². The molecule has 0 bridgehead atoms. The van der Waals surface area contributed by atoms with Gasteiger partial charge in [0.05, 0.1) is 0 Å².